The first-order valence-electron chi connectivity index (χ1n) is 11.5. The van der Waals surface area contributed by atoms with E-state index in [1.807, 2.05) is 31.2 Å². The molecule has 2 aromatic carbocycles. The Balaban J connectivity index is 1.48. The third kappa shape index (κ3) is 5.92. The Morgan fingerprint density at radius 3 is 2.09 bits per heavy atom. The average molecular weight is 453 g/mol. The second-order valence-corrected chi connectivity index (χ2v) is 8.68. The van der Waals surface area contributed by atoms with E-state index in [1.54, 1.807) is 13.8 Å². The third-order valence-electron chi connectivity index (χ3n) is 6.31. The minimum absolute atomic E-state index is 0.0160. The van der Waals surface area contributed by atoms with E-state index < -0.39 is 18.1 Å². The Kier molecular flexibility index (Phi) is 8.09. The second-order valence-electron chi connectivity index (χ2n) is 8.68. The van der Waals surface area contributed by atoms with Crippen LogP contribution < -0.4 is 10.6 Å². The molecule has 3 rings (SSSR count). The highest BCUT2D eigenvalue weighted by Gasteiger charge is 2.29. The molecule has 0 spiro atoms. The average Bonchev–Trinajstić information content (AvgIpc) is 3.13. The number of hydrogen-bond acceptors (Lipinski definition) is 4. The molecule has 33 heavy (non-hydrogen) atoms. The molecule has 176 valence electrons. The van der Waals surface area contributed by atoms with Crippen LogP contribution in [0.25, 0.3) is 11.1 Å². The molecule has 1 aliphatic carbocycles. The molecule has 0 saturated heterocycles. The maximum atomic E-state index is 12.4. The van der Waals surface area contributed by atoms with E-state index in [0.29, 0.717) is 12.8 Å². The minimum atomic E-state index is -1.04. The highest BCUT2D eigenvalue weighted by molar-refractivity contribution is 5.83. The van der Waals surface area contributed by atoms with Crippen molar-refractivity contribution in [3.63, 3.8) is 0 Å². The van der Waals surface area contributed by atoms with Crippen LogP contribution in [0.15, 0.2) is 48.5 Å². The first-order chi connectivity index (χ1) is 15.8. The summed E-state index contributed by atoms with van der Waals surface area (Å²) in [5.41, 5.74) is 4.62. The molecule has 7 heteroatoms. The van der Waals surface area contributed by atoms with Crippen LogP contribution in [0.1, 0.15) is 57.1 Å². The summed E-state index contributed by atoms with van der Waals surface area (Å²) in [6.07, 6.45) is 0.609. The molecular weight excluding hydrogens is 420 g/mol. The Labute approximate surface area is 194 Å². The van der Waals surface area contributed by atoms with Crippen LogP contribution in [-0.4, -0.2) is 41.8 Å². The van der Waals surface area contributed by atoms with Crippen LogP contribution in [0, 0.1) is 5.92 Å². The first kappa shape index (κ1) is 24.3. The van der Waals surface area contributed by atoms with Crippen molar-refractivity contribution in [1.29, 1.82) is 0 Å². The van der Waals surface area contributed by atoms with Gasteiger partial charge in [-0.25, -0.2) is 9.59 Å². The van der Waals surface area contributed by atoms with Crippen molar-refractivity contribution in [2.45, 2.75) is 58.0 Å². The molecule has 1 aliphatic rings. The largest absolute Gasteiger partial charge is 0.480 e. The molecule has 0 aliphatic heterocycles. The van der Waals surface area contributed by atoms with Gasteiger partial charge in [0.2, 0.25) is 5.91 Å². The van der Waals surface area contributed by atoms with Gasteiger partial charge >= 0.3 is 12.1 Å². The summed E-state index contributed by atoms with van der Waals surface area (Å²) in [5, 5.41) is 14.6. The van der Waals surface area contributed by atoms with Gasteiger partial charge in [0.1, 0.15) is 12.6 Å². The maximum absolute atomic E-state index is 12.4. The van der Waals surface area contributed by atoms with Crippen LogP contribution in [0.4, 0.5) is 4.79 Å². The molecular formula is C26H32N2O5. The van der Waals surface area contributed by atoms with Crippen LogP contribution in [0.3, 0.4) is 0 Å². The number of amides is 2. The summed E-state index contributed by atoms with van der Waals surface area (Å²) in [6, 6.07) is 15.1. The lowest BCUT2D eigenvalue weighted by atomic mass is 9.98. The summed E-state index contributed by atoms with van der Waals surface area (Å²) < 4.78 is 5.53. The number of carbonyl (C=O) groups is 3. The normalized spacial score (nSPS) is 15.0. The maximum Gasteiger partial charge on any atom is 0.407 e. The van der Waals surface area contributed by atoms with Gasteiger partial charge in [0.15, 0.2) is 0 Å². The molecule has 3 N–H and O–H groups in total. The summed E-state index contributed by atoms with van der Waals surface area (Å²) in [5.74, 6) is -1.56. The Morgan fingerprint density at radius 2 is 1.55 bits per heavy atom. The molecule has 0 fully saturated rings. The Hall–Kier alpha value is -3.35. The summed E-state index contributed by atoms with van der Waals surface area (Å²) in [7, 11) is 0. The van der Waals surface area contributed by atoms with Crippen molar-refractivity contribution in [2.75, 3.05) is 6.61 Å². The van der Waals surface area contributed by atoms with E-state index in [4.69, 9.17) is 4.74 Å². The standard InChI is InChI=1S/C26H32N2O5/c1-4-16(2)24(25(30)31)28-23(29)14-13-17(3)27-26(32)33-15-22-20-11-7-5-9-18(20)19-10-6-8-12-21(19)22/h5-12,16-17,22,24H,4,13-15H2,1-3H3,(H,27,32)(H,28,29)(H,30,31)/t16?,17?,24-/m0/s1. The predicted octanol–water partition coefficient (Wildman–Crippen LogP) is 4.31. The number of nitrogens with one attached hydrogen (secondary N) is 2. The number of ether oxygens (including phenoxy) is 1. The van der Waals surface area contributed by atoms with Crippen LogP contribution in [0.2, 0.25) is 0 Å². The van der Waals surface area contributed by atoms with E-state index in [0.717, 1.165) is 11.1 Å². The Bertz CT molecular complexity index is 960. The molecule has 0 bridgehead atoms. The molecule has 0 heterocycles. The van der Waals surface area contributed by atoms with Crippen molar-refractivity contribution in [3.8, 4) is 11.1 Å². The zero-order chi connectivity index (χ0) is 24.0. The predicted molar refractivity (Wildman–Crippen MR) is 126 cm³/mol. The van der Waals surface area contributed by atoms with Gasteiger partial charge in [-0.3, -0.25) is 4.79 Å². The van der Waals surface area contributed by atoms with E-state index in [2.05, 4.69) is 34.9 Å². The molecule has 2 aromatic rings. The molecule has 7 nitrogen and oxygen atoms in total. The van der Waals surface area contributed by atoms with Gasteiger partial charge in [-0.1, -0.05) is 68.8 Å². The van der Waals surface area contributed by atoms with E-state index in [-0.39, 0.29) is 36.8 Å². The van der Waals surface area contributed by atoms with Crippen LogP contribution in [0.5, 0.6) is 0 Å². The monoisotopic (exact) mass is 452 g/mol. The number of benzene rings is 2. The molecule has 3 atom stereocenters. The zero-order valence-corrected chi connectivity index (χ0v) is 19.3. The number of rotatable bonds is 10. The van der Waals surface area contributed by atoms with Gasteiger partial charge in [0.25, 0.3) is 0 Å². The fourth-order valence-electron chi connectivity index (χ4n) is 4.19. The lowest BCUT2D eigenvalue weighted by molar-refractivity contribution is -0.143. The third-order valence-corrected chi connectivity index (χ3v) is 6.31. The SMILES string of the molecule is CCC(C)[C@H](NC(=O)CCC(C)NC(=O)OCC1c2ccccc2-c2ccccc21)C(=O)O. The van der Waals surface area contributed by atoms with Crippen molar-refractivity contribution in [2.24, 2.45) is 5.92 Å². The van der Waals surface area contributed by atoms with Crippen LogP contribution in [-0.2, 0) is 14.3 Å². The highest BCUT2D eigenvalue weighted by atomic mass is 16.5. The number of aliphatic carboxylic acids is 1. The van der Waals surface area contributed by atoms with E-state index in [9.17, 15) is 19.5 Å². The fraction of sp³-hybridized carbons (Fsp3) is 0.423. The number of carbonyl (C=O) groups excluding carboxylic acids is 2. The van der Waals surface area contributed by atoms with Gasteiger partial charge in [-0.05, 0) is 41.5 Å². The van der Waals surface area contributed by atoms with Gasteiger partial charge in [0.05, 0.1) is 0 Å². The number of fused-ring (bicyclic) bond motifs is 3. The van der Waals surface area contributed by atoms with Gasteiger partial charge < -0.3 is 20.5 Å². The molecule has 2 unspecified atom stereocenters. The van der Waals surface area contributed by atoms with Gasteiger partial charge in [-0.2, -0.15) is 0 Å². The molecule has 0 radical (unpaired) electrons. The molecule has 0 aromatic heterocycles. The number of hydrogen-bond donors (Lipinski definition) is 3. The first-order valence-corrected chi connectivity index (χ1v) is 11.5. The summed E-state index contributed by atoms with van der Waals surface area (Å²) in [6.45, 7) is 5.69. The minimum Gasteiger partial charge on any atom is -0.480 e. The topological polar surface area (TPSA) is 105 Å². The molecule has 0 saturated carbocycles. The fourth-order valence-corrected chi connectivity index (χ4v) is 4.19. The smallest absolute Gasteiger partial charge is 0.407 e. The van der Waals surface area contributed by atoms with Crippen molar-refractivity contribution < 1.29 is 24.2 Å². The van der Waals surface area contributed by atoms with Crippen molar-refractivity contribution in [1.82, 2.24) is 10.6 Å². The van der Waals surface area contributed by atoms with E-state index in [1.165, 1.54) is 11.1 Å². The quantitative estimate of drug-likeness (QED) is 0.498. The highest BCUT2D eigenvalue weighted by Crippen LogP contribution is 2.44. The van der Waals surface area contributed by atoms with Crippen molar-refractivity contribution in [3.05, 3.63) is 59.7 Å². The Morgan fingerprint density at radius 1 is 0.970 bits per heavy atom. The number of alkyl carbamates (subject to hydrolysis) is 1. The summed E-state index contributed by atoms with van der Waals surface area (Å²) in [4.78, 5) is 35.9. The number of carboxylic acids is 1. The molecule has 2 amide bonds. The van der Waals surface area contributed by atoms with Gasteiger partial charge in [-0.15, -0.1) is 0 Å². The lowest BCUT2D eigenvalue weighted by Crippen LogP contribution is -2.45. The van der Waals surface area contributed by atoms with Gasteiger partial charge in [0, 0.05) is 18.4 Å². The van der Waals surface area contributed by atoms with Crippen LogP contribution >= 0.6 is 0 Å². The summed E-state index contributed by atoms with van der Waals surface area (Å²) >= 11 is 0. The lowest BCUT2D eigenvalue weighted by Gasteiger charge is -2.21. The number of carboxylic acid groups (broad SMARTS) is 1. The second kappa shape index (κ2) is 11.0. The zero-order valence-electron chi connectivity index (χ0n) is 19.3. The van der Waals surface area contributed by atoms with Crippen molar-refractivity contribution >= 4 is 18.0 Å². The van der Waals surface area contributed by atoms with E-state index >= 15 is 0 Å².